The van der Waals surface area contributed by atoms with Crippen LogP contribution in [0.25, 0.3) is 0 Å². The topological polar surface area (TPSA) is 185 Å². The molecule has 14 heteroatoms. The Bertz CT molecular complexity index is 822. The number of hydrogen-bond donors (Lipinski definition) is 3. The number of ketones is 3. The van der Waals surface area contributed by atoms with Gasteiger partial charge in [0.25, 0.3) is 0 Å². The molecule has 0 fully saturated rings. The van der Waals surface area contributed by atoms with Gasteiger partial charge in [0.15, 0.2) is 11.6 Å². The van der Waals surface area contributed by atoms with Gasteiger partial charge in [-0.25, -0.2) is 0 Å². The number of ether oxygens (including phenoxy) is 6. The summed E-state index contributed by atoms with van der Waals surface area (Å²) in [5.74, 6) is -1.25. The van der Waals surface area contributed by atoms with E-state index in [9.17, 15) is 29.1 Å². The second-order valence-corrected chi connectivity index (χ2v) is 11.0. The zero-order valence-electron chi connectivity index (χ0n) is 27.6. The molecule has 0 saturated heterocycles. The molecule has 14 nitrogen and oxygen atoms in total. The van der Waals surface area contributed by atoms with Crippen molar-refractivity contribution in [2.24, 2.45) is 5.92 Å². The van der Waals surface area contributed by atoms with E-state index in [0.29, 0.717) is 78.5 Å². The van der Waals surface area contributed by atoms with Gasteiger partial charge in [-0.05, 0) is 19.3 Å². The first-order valence-electron chi connectivity index (χ1n) is 15.8. The lowest BCUT2D eigenvalue weighted by Crippen LogP contribution is -2.41. The predicted octanol–water partition coefficient (Wildman–Crippen LogP) is 1.36. The summed E-state index contributed by atoms with van der Waals surface area (Å²) < 4.78 is 32.0. The molecular weight excluding hydrogens is 592 g/mol. The van der Waals surface area contributed by atoms with Crippen LogP contribution >= 0.6 is 0 Å². The molecule has 0 heterocycles. The fourth-order valence-corrected chi connectivity index (χ4v) is 3.59. The minimum Gasteiger partial charge on any atom is -0.480 e. The molecule has 262 valence electrons. The van der Waals surface area contributed by atoms with Gasteiger partial charge in [0.2, 0.25) is 5.91 Å². The zero-order chi connectivity index (χ0) is 33.7. The van der Waals surface area contributed by atoms with E-state index in [1.165, 1.54) is 0 Å². The third-order valence-electron chi connectivity index (χ3n) is 6.10. The van der Waals surface area contributed by atoms with Gasteiger partial charge in [0.1, 0.15) is 31.6 Å². The Labute approximate surface area is 267 Å². The molecule has 0 radical (unpaired) electrons. The number of aliphatic carboxylic acids is 1. The Morgan fingerprint density at radius 3 is 1.67 bits per heavy atom. The molecule has 0 rings (SSSR count). The second-order valence-electron chi connectivity index (χ2n) is 11.0. The van der Waals surface area contributed by atoms with Crippen LogP contribution in [0.3, 0.4) is 0 Å². The lowest BCUT2D eigenvalue weighted by atomic mass is 10.1. The van der Waals surface area contributed by atoms with Crippen LogP contribution in [0.4, 0.5) is 0 Å². The lowest BCUT2D eigenvalue weighted by molar-refractivity contribution is -0.140. The van der Waals surface area contributed by atoms with Gasteiger partial charge < -0.3 is 44.2 Å². The number of carboxylic acid groups (broad SMARTS) is 1. The molecule has 45 heavy (non-hydrogen) atoms. The largest absolute Gasteiger partial charge is 0.480 e. The fourth-order valence-electron chi connectivity index (χ4n) is 3.59. The van der Waals surface area contributed by atoms with Crippen molar-refractivity contribution in [1.82, 2.24) is 10.6 Å². The third-order valence-corrected chi connectivity index (χ3v) is 6.10. The molecule has 0 aromatic heterocycles. The van der Waals surface area contributed by atoms with Crippen molar-refractivity contribution in [2.45, 2.75) is 78.3 Å². The van der Waals surface area contributed by atoms with E-state index in [1.54, 1.807) is 0 Å². The van der Waals surface area contributed by atoms with Crippen LogP contribution in [0.5, 0.6) is 0 Å². The summed E-state index contributed by atoms with van der Waals surface area (Å²) in [5, 5.41) is 14.8. The highest BCUT2D eigenvalue weighted by molar-refractivity contribution is 5.81. The quantitative estimate of drug-likeness (QED) is 0.0868. The number of carboxylic acids is 1. The van der Waals surface area contributed by atoms with Gasteiger partial charge in [0, 0.05) is 51.0 Å². The number of hydrogen-bond acceptors (Lipinski definition) is 12. The number of amides is 1. The van der Waals surface area contributed by atoms with Crippen molar-refractivity contribution < 1.29 is 57.5 Å². The second kappa shape index (κ2) is 29.1. The van der Waals surface area contributed by atoms with E-state index in [2.05, 4.69) is 10.6 Å². The van der Waals surface area contributed by atoms with Crippen LogP contribution in [-0.4, -0.2) is 132 Å². The molecule has 1 amide bonds. The van der Waals surface area contributed by atoms with Gasteiger partial charge in [-0.2, -0.15) is 0 Å². The standard InChI is InChI=1S/C31H56N2O12/c1-24(2)29(36)22-44-19-15-41-13-6-8-27(35)21-43-18-17-42-14-11-32-30(37)23-45-20-16-40-12-5-7-26(34)9-10-28(31(38)39)33-25(3)4/h24-25,28,33H,5-23H2,1-4H3,(H,32,37)(H,38,39)/t28-/m0/s1. The third kappa shape index (κ3) is 28.9. The van der Waals surface area contributed by atoms with Gasteiger partial charge in [0.05, 0.1) is 46.2 Å². The minimum atomic E-state index is -0.957. The SMILES string of the molecule is CC(C)N[C@@H](CCC(=O)CCCOCCOCC(=O)NCCOCCOCC(=O)CCCOCCOCC(=O)C(C)C)C(=O)O. The van der Waals surface area contributed by atoms with Crippen molar-refractivity contribution in [3.05, 3.63) is 0 Å². The number of carbonyl (C=O) groups excluding carboxylic acids is 4. The molecule has 0 aliphatic heterocycles. The average molecular weight is 649 g/mol. The number of nitrogens with one attached hydrogen (secondary N) is 2. The summed E-state index contributed by atoms with van der Waals surface area (Å²) in [6, 6.07) is -0.707. The van der Waals surface area contributed by atoms with Crippen LogP contribution < -0.4 is 10.6 Å². The summed E-state index contributed by atoms with van der Waals surface area (Å²) >= 11 is 0. The number of Topliss-reactive ketones (excluding diaryl/α,β-unsaturated/α-hetero) is 3. The van der Waals surface area contributed by atoms with Crippen LogP contribution in [0, 0.1) is 5.92 Å². The van der Waals surface area contributed by atoms with Crippen molar-refractivity contribution in [3.63, 3.8) is 0 Å². The van der Waals surface area contributed by atoms with Crippen molar-refractivity contribution >= 4 is 29.2 Å². The molecule has 0 spiro atoms. The molecular formula is C31H56N2O12. The summed E-state index contributed by atoms with van der Waals surface area (Å²) in [6.45, 7) is 10.6. The predicted molar refractivity (Wildman–Crippen MR) is 165 cm³/mol. The molecule has 0 saturated carbocycles. The van der Waals surface area contributed by atoms with E-state index in [-0.39, 0.29) is 81.1 Å². The molecule has 0 aliphatic carbocycles. The Kier molecular flexibility index (Phi) is 27.6. The molecule has 0 unspecified atom stereocenters. The first-order valence-corrected chi connectivity index (χ1v) is 15.8. The summed E-state index contributed by atoms with van der Waals surface area (Å²) in [6.07, 6.45) is 2.25. The van der Waals surface area contributed by atoms with Gasteiger partial charge in [-0.1, -0.05) is 27.7 Å². The fraction of sp³-hybridized carbons (Fsp3) is 0.839. The minimum absolute atomic E-state index is 0.0000202. The lowest BCUT2D eigenvalue weighted by Gasteiger charge is -2.16. The molecule has 0 bridgehead atoms. The van der Waals surface area contributed by atoms with Crippen molar-refractivity contribution in [1.29, 1.82) is 0 Å². The van der Waals surface area contributed by atoms with Crippen LogP contribution in [-0.2, 0) is 52.4 Å². The maximum atomic E-state index is 12.0. The Morgan fingerprint density at radius 2 is 1.11 bits per heavy atom. The molecule has 1 atom stereocenters. The number of rotatable bonds is 33. The van der Waals surface area contributed by atoms with E-state index in [0.717, 1.165) is 0 Å². The van der Waals surface area contributed by atoms with Gasteiger partial charge in [-0.15, -0.1) is 0 Å². The Morgan fingerprint density at radius 1 is 0.600 bits per heavy atom. The summed E-state index contributed by atoms with van der Waals surface area (Å²) in [7, 11) is 0. The van der Waals surface area contributed by atoms with E-state index < -0.39 is 12.0 Å². The highest BCUT2D eigenvalue weighted by Gasteiger charge is 2.19. The Balaban J connectivity index is 3.47. The highest BCUT2D eigenvalue weighted by atomic mass is 16.5. The molecule has 0 aliphatic rings. The summed E-state index contributed by atoms with van der Waals surface area (Å²) in [5.41, 5.74) is 0. The molecule has 0 aromatic rings. The van der Waals surface area contributed by atoms with Crippen molar-refractivity contribution in [3.8, 4) is 0 Å². The zero-order valence-corrected chi connectivity index (χ0v) is 27.6. The number of carbonyl (C=O) groups is 5. The smallest absolute Gasteiger partial charge is 0.320 e. The normalized spacial score (nSPS) is 12.0. The van der Waals surface area contributed by atoms with E-state index >= 15 is 0 Å². The van der Waals surface area contributed by atoms with Crippen LogP contribution in [0.15, 0.2) is 0 Å². The van der Waals surface area contributed by atoms with E-state index in [4.69, 9.17) is 28.4 Å². The first kappa shape index (κ1) is 42.7. The first-order chi connectivity index (χ1) is 21.5. The monoisotopic (exact) mass is 648 g/mol. The molecule has 3 N–H and O–H groups in total. The summed E-state index contributed by atoms with van der Waals surface area (Å²) in [4.78, 5) is 58.2. The average Bonchev–Trinajstić information content (AvgIpc) is 2.98. The van der Waals surface area contributed by atoms with Gasteiger partial charge >= 0.3 is 5.97 Å². The van der Waals surface area contributed by atoms with Crippen LogP contribution in [0.1, 0.15) is 66.2 Å². The van der Waals surface area contributed by atoms with Gasteiger partial charge in [-0.3, -0.25) is 24.0 Å². The molecule has 0 aromatic carbocycles. The maximum Gasteiger partial charge on any atom is 0.320 e. The maximum absolute atomic E-state index is 12.0. The van der Waals surface area contributed by atoms with Crippen LogP contribution in [0.2, 0.25) is 0 Å². The Hall–Kier alpha value is -2.33. The van der Waals surface area contributed by atoms with Crippen molar-refractivity contribution in [2.75, 3.05) is 85.8 Å². The van der Waals surface area contributed by atoms with E-state index in [1.807, 2.05) is 27.7 Å². The highest BCUT2D eigenvalue weighted by Crippen LogP contribution is 2.04.